The van der Waals surface area contributed by atoms with Gasteiger partial charge in [-0.3, -0.25) is 0 Å². The lowest BCUT2D eigenvalue weighted by Crippen LogP contribution is -2.10. The number of methoxy groups -OCH3 is 1. The second-order valence-electron chi connectivity index (χ2n) is 17.3. The van der Waals surface area contributed by atoms with E-state index in [4.69, 9.17) is 14.2 Å². The predicted molar refractivity (Wildman–Crippen MR) is 297 cm³/mol. The van der Waals surface area contributed by atoms with E-state index < -0.39 is 0 Å². The molecule has 0 fully saturated rings. The lowest BCUT2D eigenvalue weighted by Gasteiger charge is -2.25. The van der Waals surface area contributed by atoms with Crippen LogP contribution in [-0.2, 0) is 4.74 Å². The normalized spacial score (nSPS) is 10.7. The van der Waals surface area contributed by atoms with Gasteiger partial charge in [-0.15, -0.1) is 0 Å². The summed E-state index contributed by atoms with van der Waals surface area (Å²) in [5.41, 5.74) is 10.5. The first kappa shape index (κ1) is 49.8. The maximum atomic E-state index is 5.75. The molecular weight excluding hydrogens is 859 g/mol. The van der Waals surface area contributed by atoms with Gasteiger partial charge in [0, 0.05) is 57.7 Å². The van der Waals surface area contributed by atoms with E-state index in [-0.39, 0.29) is 12.2 Å². The fourth-order valence-corrected chi connectivity index (χ4v) is 7.87. The molecule has 70 heavy (non-hydrogen) atoms. The summed E-state index contributed by atoms with van der Waals surface area (Å²) in [6.45, 7) is 12.2. The Balaban J connectivity index is 0.000000148. The van der Waals surface area contributed by atoms with Crippen molar-refractivity contribution in [3.63, 3.8) is 0 Å². The summed E-state index contributed by atoms with van der Waals surface area (Å²) < 4.78 is 18.6. The zero-order valence-electron chi connectivity index (χ0n) is 41.5. The number of nitrogens with zero attached hydrogens (tertiary/aromatic N) is 3. The lowest BCUT2D eigenvalue weighted by molar-refractivity contribution is 0.134. The summed E-state index contributed by atoms with van der Waals surface area (Å²) in [5.74, 6) is 1.80. The molecule has 354 valence electrons. The van der Waals surface area contributed by atoms with E-state index in [2.05, 4.69) is 208 Å². The number of hydrogen-bond acceptors (Lipinski definition) is 5. The van der Waals surface area contributed by atoms with Gasteiger partial charge in [0.1, 0.15) is 11.5 Å². The van der Waals surface area contributed by atoms with E-state index in [1.54, 1.807) is 7.11 Å². The molecule has 0 aliphatic carbocycles. The molecule has 6 nitrogen and oxygen atoms in total. The van der Waals surface area contributed by atoms with E-state index in [0.29, 0.717) is 6.10 Å². The Morgan fingerprint density at radius 3 is 0.843 bits per heavy atom. The number of anilines is 6. The number of rotatable bonds is 12. The van der Waals surface area contributed by atoms with Crippen LogP contribution < -0.4 is 19.3 Å². The summed E-state index contributed by atoms with van der Waals surface area (Å²) in [6, 6.07) is 85.7. The molecule has 0 radical (unpaired) electrons. The number of benzene rings is 9. The molecule has 6 heteroatoms. The first-order valence-corrected chi connectivity index (χ1v) is 24.1. The van der Waals surface area contributed by atoms with Crippen molar-refractivity contribution in [1.82, 2.24) is 4.57 Å². The van der Waals surface area contributed by atoms with Crippen LogP contribution in [0.1, 0.15) is 41.5 Å². The Morgan fingerprint density at radius 1 is 0.300 bits per heavy atom. The minimum absolute atomic E-state index is 0.181. The fourth-order valence-electron chi connectivity index (χ4n) is 7.87. The highest BCUT2D eigenvalue weighted by atomic mass is 16.5. The van der Waals surface area contributed by atoms with Crippen molar-refractivity contribution in [2.45, 2.75) is 59.9 Å². The van der Waals surface area contributed by atoms with Gasteiger partial charge in [-0.1, -0.05) is 127 Å². The van der Waals surface area contributed by atoms with Crippen molar-refractivity contribution in [1.29, 1.82) is 0 Å². The van der Waals surface area contributed by atoms with E-state index in [1.807, 2.05) is 96.1 Å². The zero-order valence-corrected chi connectivity index (χ0v) is 41.5. The highest BCUT2D eigenvalue weighted by Crippen LogP contribution is 2.36. The monoisotopic (exact) mass is 924 g/mol. The molecule has 10 rings (SSSR count). The van der Waals surface area contributed by atoms with Crippen molar-refractivity contribution >= 4 is 55.9 Å². The summed E-state index contributed by atoms with van der Waals surface area (Å²) in [6.07, 6.45) is 0.754. The van der Waals surface area contributed by atoms with Crippen molar-refractivity contribution in [3.8, 4) is 17.2 Å². The van der Waals surface area contributed by atoms with Gasteiger partial charge in [0.25, 0.3) is 0 Å². The van der Waals surface area contributed by atoms with Gasteiger partial charge in [-0.2, -0.15) is 0 Å². The van der Waals surface area contributed by atoms with Crippen LogP contribution in [0.3, 0.4) is 0 Å². The van der Waals surface area contributed by atoms with Crippen molar-refractivity contribution in [2.24, 2.45) is 0 Å². The average Bonchev–Trinajstić information content (AvgIpc) is 3.73. The van der Waals surface area contributed by atoms with Gasteiger partial charge in [0.05, 0.1) is 29.3 Å². The van der Waals surface area contributed by atoms with Gasteiger partial charge in [0.15, 0.2) is 0 Å². The maximum Gasteiger partial charge on any atom is 0.119 e. The van der Waals surface area contributed by atoms with Gasteiger partial charge < -0.3 is 28.6 Å². The number of hydrogen-bond donors (Lipinski definition) is 0. The molecule has 0 bridgehead atoms. The molecule has 0 aliphatic heterocycles. The summed E-state index contributed by atoms with van der Waals surface area (Å²) >= 11 is 0. The minimum atomic E-state index is 0.181. The lowest BCUT2D eigenvalue weighted by atomic mass is 10.2. The van der Waals surface area contributed by atoms with E-state index in [9.17, 15) is 0 Å². The van der Waals surface area contributed by atoms with Crippen LogP contribution >= 0.6 is 0 Å². The molecule has 9 aromatic carbocycles. The molecule has 1 heterocycles. The van der Waals surface area contributed by atoms with Gasteiger partial charge in [0.2, 0.25) is 0 Å². The molecular formula is C64H65N3O3. The Hall–Kier alpha value is -8.06. The summed E-state index contributed by atoms with van der Waals surface area (Å²) in [7, 11) is 1.70. The summed E-state index contributed by atoms with van der Waals surface area (Å²) in [5, 5.41) is 2.57. The van der Waals surface area contributed by atoms with Crippen molar-refractivity contribution in [2.75, 3.05) is 16.9 Å². The quantitative estimate of drug-likeness (QED) is 0.122. The van der Waals surface area contributed by atoms with Crippen LogP contribution in [0.2, 0.25) is 0 Å². The molecule has 0 amide bonds. The Bertz CT molecular complexity index is 2840. The molecule has 0 saturated heterocycles. The molecule has 0 N–H and O–H groups in total. The third-order valence-electron chi connectivity index (χ3n) is 11.1. The molecule has 0 saturated carbocycles. The van der Waals surface area contributed by atoms with Crippen molar-refractivity contribution < 1.29 is 14.2 Å². The predicted octanol–water partition coefficient (Wildman–Crippen LogP) is 17.7. The number of fused-ring (bicyclic) bond motifs is 3. The van der Waals surface area contributed by atoms with E-state index in [0.717, 1.165) is 34.2 Å². The van der Waals surface area contributed by atoms with Crippen LogP contribution in [-0.4, -0.2) is 30.0 Å². The van der Waals surface area contributed by atoms with Crippen LogP contribution in [0, 0.1) is 0 Å². The third kappa shape index (κ3) is 13.6. The van der Waals surface area contributed by atoms with Crippen LogP contribution in [0.5, 0.6) is 11.5 Å². The van der Waals surface area contributed by atoms with Crippen LogP contribution in [0.4, 0.5) is 34.1 Å². The Labute approximate surface area is 415 Å². The average molecular weight is 924 g/mol. The number of aromatic nitrogens is 1. The first-order chi connectivity index (χ1) is 34.2. The second kappa shape index (κ2) is 25.3. The molecule has 0 unspecified atom stereocenters. The number of para-hydroxylation sites is 7. The molecule has 10 aromatic rings. The second-order valence-corrected chi connectivity index (χ2v) is 17.3. The van der Waals surface area contributed by atoms with E-state index in [1.165, 1.54) is 38.9 Å². The summed E-state index contributed by atoms with van der Waals surface area (Å²) in [4.78, 5) is 4.49. The fraction of sp³-hybridized carbons (Fsp3) is 0.156. The first-order valence-electron chi connectivity index (χ1n) is 24.1. The highest BCUT2D eigenvalue weighted by Gasteiger charge is 2.14. The zero-order chi connectivity index (χ0) is 49.1. The largest absolute Gasteiger partial charge is 0.491 e. The van der Waals surface area contributed by atoms with Crippen LogP contribution in [0.25, 0.3) is 27.5 Å². The van der Waals surface area contributed by atoms with E-state index >= 15 is 0 Å². The number of ether oxygens (including phenoxy) is 3. The van der Waals surface area contributed by atoms with Crippen molar-refractivity contribution in [3.05, 3.63) is 249 Å². The standard InChI is InChI=1S/C21H19NO.C21H21NO.C18H15N.C4H10O/c1-15(2)23-17-13-11-16(12-14-17)22-20-9-5-3-7-18(20)19-8-4-6-10-21(19)22;1-17(2)23-21-15-13-20(14-16-21)22(18-9-5-3-6-10-18)19-11-7-4-8-12-19;1-4-10-16(11-5-1)19(17-12-6-2-7-13-17)18-14-8-3-9-15-18;1-4(2)5-3/h3-15H,1-2H3;3-17H,1-2H3;1-15H;4H,1-3H3. The van der Waals surface area contributed by atoms with Gasteiger partial charge in [-0.25, -0.2) is 0 Å². The minimum Gasteiger partial charge on any atom is -0.491 e. The van der Waals surface area contributed by atoms with Crippen LogP contribution in [0.15, 0.2) is 249 Å². The smallest absolute Gasteiger partial charge is 0.119 e. The maximum absolute atomic E-state index is 5.75. The van der Waals surface area contributed by atoms with Gasteiger partial charge in [-0.05, 0) is 163 Å². The SMILES string of the molecule is CC(C)Oc1ccc(-n2c3ccccc3c3ccccc32)cc1.CC(C)Oc1ccc(N(c2ccccc2)c2ccccc2)cc1.COC(C)C.c1ccc(N(c2ccccc2)c2ccccc2)cc1. The topological polar surface area (TPSA) is 39.1 Å². The molecule has 0 spiro atoms. The molecule has 0 aliphatic rings. The van der Waals surface area contributed by atoms with Gasteiger partial charge >= 0.3 is 0 Å². The Morgan fingerprint density at radius 2 is 0.557 bits per heavy atom. The third-order valence-corrected chi connectivity index (χ3v) is 11.1. The Kier molecular flexibility index (Phi) is 18.0. The highest BCUT2D eigenvalue weighted by molar-refractivity contribution is 6.09. The molecule has 1 aromatic heterocycles. The molecule has 0 atom stereocenters.